The maximum Gasteiger partial charge on any atom is 0.281 e. The van der Waals surface area contributed by atoms with Gasteiger partial charge in [0.15, 0.2) is 5.96 Å². The van der Waals surface area contributed by atoms with Crippen LogP contribution in [0.15, 0.2) is 53.5 Å². The Hall–Kier alpha value is -3.35. The molecule has 1 atom stereocenters. The highest BCUT2D eigenvalue weighted by Gasteiger charge is 2.55. The predicted molar refractivity (Wildman–Crippen MR) is 96.5 cm³/mol. The number of para-hydroxylation sites is 3. The van der Waals surface area contributed by atoms with Crippen LogP contribution in [-0.2, 0) is 10.5 Å². The van der Waals surface area contributed by atoms with Crippen molar-refractivity contribution in [2.75, 3.05) is 16.8 Å². The van der Waals surface area contributed by atoms with E-state index in [9.17, 15) is 4.79 Å². The number of rotatable bonds is 1. The van der Waals surface area contributed by atoms with Crippen molar-refractivity contribution in [3.8, 4) is 0 Å². The fourth-order valence-electron chi connectivity index (χ4n) is 3.86. The topological polar surface area (TPSA) is 88.5 Å². The van der Waals surface area contributed by atoms with E-state index in [0.29, 0.717) is 12.5 Å². The molecule has 2 aliphatic rings. The minimum Gasteiger partial charge on any atom is -0.370 e. The first kappa shape index (κ1) is 14.0. The number of aliphatic imine (C=N–C) groups is 1. The van der Waals surface area contributed by atoms with E-state index in [-0.39, 0.29) is 11.9 Å². The number of hydrogen-bond acceptors (Lipinski definition) is 5. The third kappa shape index (κ3) is 1.57. The molecule has 3 N–H and O–H groups in total. The van der Waals surface area contributed by atoms with Gasteiger partial charge in [-0.15, -0.1) is 0 Å². The second kappa shape index (κ2) is 4.60. The second-order valence-electron chi connectivity index (χ2n) is 6.12. The molecule has 1 unspecified atom stereocenters. The van der Waals surface area contributed by atoms with Gasteiger partial charge in [0.1, 0.15) is 0 Å². The van der Waals surface area contributed by atoms with Gasteiger partial charge in [0.2, 0.25) is 11.6 Å². The molecule has 0 saturated heterocycles. The lowest BCUT2D eigenvalue weighted by atomic mass is 10.00. The minimum atomic E-state index is -1.26. The van der Waals surface area contributed by atoms with Crippen LogP contribution >= 0.6 is 0 Å². The summed E-state index contributed by atoms with van der Waals surface area (Å²) in [6, 6.07) is 15.4. The van der Waals surface area contributed by atoms with Crippen LogP contribution in [0.25, 0.3) is 11.0 Å². The molecule has 7 heteroatoms. The standard InChI is InChI=1S/C18H16N6O/c1-2-23-13-9-5-3-7-11(13)18(15(23)25)22-16(19)21-17-20-12-8-4-6-10-14(12)24(17)18/h3-10H,2H2,1H3,(H3,19,20,21,22). The van der Waals surface area contributed by atoms with Gasteiger partial charge in [-0.2, -0.15) is 0 Å². The normalized spacial score (nSPS) is 21.2. The van der Waals surface area contributed by atoms with Gasteiger partial charge < -0.3 is 10.6 Å². The molecule has 1 spiro atoms. The zero-order chi connectivity index (χ0) is 17.2. The van der Waals surface area contributed by atoms with Crippen molar-refractivity contribution in [1.82, 2.24) is 9.55 Å². The van der Waals surface area contributed by atoms with Crippen LogP contribution in [0.5, 0.6) is 0 Å². The van der Waals surface area contributed by atoms with E-state index >= 15 is 0 Å². The summed E-state index contributed by atoms with van der Waals surface area (Å²) in [5, 5.41) is 2.99. The largest absolute Gasteiger partial charge is 0.370 e. The summed E-state index contributed by atoms with van der Waals surface area (Å²) in [5.74, 6) is 0.587. The third-order valence-electron chi connectivity index (χ3n) is 4.84. The van der Waals surface area contributed by atoms with Crippen molar-refractivity contribution in [2.24, 2.45) is 10.7 Å². The summed E-state index contributed by atoms with van der Waals surface area (Å²) in [5.41, 5.74) is 8.09. The number of imidazole rings is 1. The lowest BCUT2D eigenvalue weighted by molar-refractivity contribution is -0.123. The highest BCUT2D eigenvalue weighted by molar-refractivity contribution is 6.12. The highest BCUT2D eigenvalue weighted by atomic mass is 16.2. The average molecular weight is 332 g/mol. The van der Waals surface area contributed by atoms with Crippen molar-refractivity contribution < 1.29 is 4.79 Å². The lowest BCUT2D eigenvalue weighted by Crippen LogP contribution is -2.49. The molecular formula is C18H16N6O. The third-order valence-corrected chi connectivity index (χ3v) is 4.84. The van der Waals surface area contributed by atoms with Crippen molar-refractivity contribution in [3.63, 3.8) is 0 Å². The van der Waals surface area contributed by atoms with Gasteiger partial charge >= 0.3 is 0 Å². The number of fused-ring (bicyclic) bond motifs is 6. The van der Waals surface area contributed by atoms with Crippen LogP contribution in [0.1, 0.15) is 12.5 Å². The van der Waals surface area contributed by atoms with E-state index in [1.165, 1.54) is 0 Å². The van der Waals surface area contributed by atoms with Crippen molar-refractivity contribution >= 4 is 34.5 Å². The van der Waals surface area contributed by atoms with Crippen LogP contribution in [-0.4, -0.2) is 28.0 Å². The predicted octanol–water partition coefficient (Wildman–Crippen LogP) is 1.84. The summed E-state index contributed by atoms with van der Waals surface area (Å²) < 4.78 is 1.86. The van der Waals surface area contributed by atoms with E-state index in [2.05, 4.69) is 15.3 Å². The molecular weight excluding hydrogens is 316 g/mol. The summed E-state index contributed by atoms with van der Waals surface area (Å²) in [4.78, 5) is 24.5. The summed E-state index contributed by atoms with van der Waals surface area (Å²) in [6.07, 6.45) is 0. The Morgan fingerprint density at radius 2 is 1.92 bits per heavy atom. The Labute approximate surface area is 143 Å². The van der Waals surface area contributed by atoms with Crippen molar-refractivity contribution in [2.45, 2.75) is 12.6 Å². The van der Waals surface area contributed by atoms with Gasteiger partial charge in [-0.3, -0.25) is 14.7 Å². The Balaban J connectivity index is 1.93. The van der Waals surface area contributed by atoms with Crippen LogP contribution in [0.4, 0.5) is 11.6 Å². The fourth-order valence-corrected chi connectivity index (χ4v) is 3.86. The minimum absolute atomic E-state index is 0.120. The first-order valence-electron chi connectivity index (χ1n) is 8.18. The number of guanidine groups is 1. The fraction of sp³-hybridized carbons (Fsp3) is 0.167. The molecule has 1 aromatic heterocycles. The zero-order valence-corrected chi connectivity index (χ0v) is 13.6. The number of benzene rings is 2. The van der Waals surface area contributed by atoms with Crippen LogP contribution in [0, 0.1) is 0 Å². The number of nitrogens with zero attached hydrogens (tertiary/aromatic N) is 4. The Morgan fingerprint density at radius 1 is 1.16 bits per heavy atom. The van der Waals surface area contributed by atoms with Gasteiger partial charge in [0.05, 0.1) is 16.7 Å². The summed E-state index contributed by atoms with van der Waals surface area (Å²) in [7, 11) is 0. The molecule has 7 nitrogen and oxygen atoms in total. The molecule has 0 aliphatic carbocycles. The van der Waals surface area contributed by atoms with E-state index < -0.39 is 5.66 Å². The number of carbonyl (C=O) groups excluding carboxylic acids is 1. The van der Waals surface area contributed by atoms with Gasteiger partial charge in [-0.05, 0) is 25.1 Å². The first-order valence-corrected chi connectivity index (χ1v) is 8.18. The van der Waals surface area contributed by atoms with E-state index in [1.54, 1.807) is 4.90 Å². The van der Waals surface area contributed by atoms with Crippen molar-refractivity contribution in [3.05, 3.63) is 54.1 Å². The monoisotopic (exact) mass is 332 g/mol. The maximum absolute atomic E-state index is 13.5. The van der Waals surface area contributed by atoms with Crippen LogP contribution < -0.4 is 16.0 Å². The van der Waals surface area contributed by atoms with Gasteiger partial charge in [0.25, 0.3) is 5.91 Å². The van der Waals surface area contributed by atoms with E-state index in [4.69, 9.17) is 5.73 Å². The number of anilines is 2. The molecule has 0 saturated carbocycles. The number of carbonyl (C=O) groups is 1. The molecule has 2 aliphatic heterocycles. The zero-order valence-electron chi connectivity index (χ0n) is 13.6. The number of likely N-dealkylation sites (N-methyl/N-ethyl adjacent to an activating group) is 1. The first-order chi connectivity index (χ1) is 12.2. The van der Waals surface area contributed by atoms with E-state index in [0.717, 1.165) is 22.3 Å². The van der Waals surface area contributed by atoms with Gasteiger partial charge in [-0.1, -0.05) is 30.3 Å². The summed E-state index contributed by atoms with van der Waals surface area (Å²) in [6.45, 7) is 2.51. The molecule has 2 aromatic carbocycles. The number of nitrogens with two attached hydrogens (primary N) is 1. The lowest BCUT2D eigenvalue weighted by Gasteiger charge is -2.32. The van der Waals surface area contributed by atoms with Gasteiger partial charge in [-0.25, -0.2) is 9.98 Å². The highest BCUT2D eigenvalue weighted by Crippen LogP contribution is 2.47. The molecule has 0 bridgehead atoms. The molecule has 3 aromatic rings. The number of nitrogens with one attached hydrogen (secondary N) is 1. The molecule has 124 valence electrons. The molecule has 1 amide bonds. The van der Waals surface area contributed by atoms with Crippen molar-refractivity contribution in [1.29, 1.82) is 0 Å². The molecule has 25 heavy (non-hydrogen) atoms. The smallest absolute Gasteiger partial charge is 0.281 e. The second-order valence-corrected chi connectivity index (χ2v) is 6.12. The number of aromatic nitrogens is 2. The van der Waals surface area contributed by atoms with Crippen LogP contribution in [0.3, 0.4) is 0 Å². The Kier molecular flexibility index (Phi) is 2.58. The SMILES string of the molecule is CCN1C(=O)C2(N=C(N)Nc3nc4ccccc4n32)c2ccccc21. The number of amides is 1. The molecule has 3 heterocycles. The quantitative estimate of drug-likeness (QED) is 0.712. The molecule has 0 radical (unpaired) electrons. The molecule has 5 rings (SSSR count). The number of hydrogen-bond donors (Lipinski definition) is 2. The Morgan fingerprint density at radius 3 is 2.76 bits per heavy atom. The Bertz CT molecular complexity index is 1070. The molecule has 0 fully saturated rings. The van der Waals surface area contributed by atoms with Crippen LogP contribution in [0.2, 0.25) is 0 Å². The van der Waals surface area contributed by atoms with E-state index in [1.807, 2.05) is 60.0 Å². The maximum atomic E-state index is 13.5. The summed E-state index contributed by atoms with van der Waals surface area (Å²) >= 11 is 0. The van der Waals surface area contributed by atoms with Gasteiger partial charge in [0, 0.05) is 12.1 Å². The average Bonchev–Trinajstić information content (AvgIpc) is 3.09.